The molecule has 0 saturated carbocycles. The number of tetrazole rings is 1. The molecule has 0 radical (unpaired) electrons. The molecule has 7 nitrogen and oxygen atoms in total. The predicted octanol–water partition coefficient (Wildman–Crippen LogP) is 0.414. The van der Waals surface area contributed by atoms with Gasteiger partial charge in [0.15, 0.2) is 12.4 Å². The van der Waals surface area contributed by atoms with Gasteiger partial charge in [0.05, 0.1) is 0 Å². The number of rotatable bonds is 5. The topological polar surface area (TPSA) is 84.1 Å². The van der Waals surface area contributed by atoms with Gasteiger partial charge in [-0.3, -0.25) is 4.79 Å². The Labute approximate surface area is 110 Å². The molecule has 1 heterocycles. The van der Waals surface area contributed by atoms with Crippen molar-refractivity contribution in [2.45, 2.75) is 13.0 Å². The fraction of sp³-hybridized carbons (Fsp3) is 0.333. The molecule has 0 amide bonds. The zero-order valence-electron chi connectivity index (χ0n) is 10.8. The Bertz CT molecular complexity index is 562. The number of nitrogens with zero attached hydrogens (tertiary/aromatic N) is 5. The minimum absolute atomic E-state index is 0.271. The van der Waals surface area contributed by atoms with Gasteiger partial charge in [-0.2, -0.15) is 4.80 Å². The van der Waals surface area contributed by atoms with Gasteiger partial charge in [0.1, 0.15) is 0 Å². The van der Waals surface area contributed by atoms with Gasteiger partial charge in [-0.15, -0.1) is 10.2 Å². The third kappa shape index (κ3) is 3.51. The highest BCUT2D eigenvalue weighted by Crippen LogP contribution is 2.13. The maximum absolute atomic E-state index is 10.5. The molecule has 19 heavy (non-hydrogen) atoms. The molecule has 0 spiro atoms. The lowest BCUT2D eigenvalue weighted by molar-refractivity contribution is -0.138. The summed E-state index contributed by atoms with van der Waals surface area (Å²) in [4.78, 5) is 13.6. The van der Waals surface area contributed by atoms with E-state index >= 15 is 0 Å². The molecule has 7 heteroatoms. The van der Waals surface area contributed by atoms with Crippen LogP contribution in [0.1, 0.15) is 11.4 Å². The van der Waals surface area contributed by atoms with Gasteiger partial charge >= 0.3 is 5.97 Å². The molecule has 100 valence electrons. The minimum Gasteiger partial charge on any atom is -0.480 e. The van der Waals surface area contributed by atoms with Crippen LogP contribution in [0.4, 0.5) is 5.69 Å². The number of benzene rings is 1. The average Bonchev–Trinajstić information content (AvgIpc) is 2.76. The second kappa shape index (κ2) is 5.47. The smallest absolute Gasteiger partial charge is 0.327 e. The SMILES string of the molecule is CN(C)c1ccc(Cc2nnn(CC(=O)O)n2)cc1. The summed E-state index contributed by atoms with van der Waals surface area (Å²) in [5.41, 5.74) is 2.17. The summed E-state index contributed by atoms with van der Waals surface area (Å²) in [6, 6.07) is 8.01. The van der Waals surface area contributed by atoms with Crippen LogP contribution in [0, 0.1) is 0 Å². The normalized spacial score (nSPS) is 10.4. The highest BCUT2D eigenvalue weighted by molar-refractivity contribution is 5.66. The number of hydrogen-bond donors (Lipinski definition) is 1. The van der Waals surface area contributed by atoms with Crippen molar-refractivity contribution in [1.29, 1.82) is 0 Å². The van der Waals surface area contributed by atoms with Crippen LogP contribution in [0.2, 0.25) is 0 Å². The first-order chi connectivity index (χ1) is 9.04. The maximum Gasteiger partial charge on any atom is 0.327 e. The highest BCUT2D eigenvalue weighted by atomic mass is 16.4. The van der Waals surface area contributed by atoms with Crippen molar-refractivity contribution in [2.24, 2.45) is 0 Å². The number of carboxylic acids is 1. The summed E-state index contributed by atoms with van der Waals surface area (Å²) in [6.07, 6.45) is 0.535. The lowest BCUT2D eigenvalue weighted by Crippen LogP contribution is -2.11. The molecule has 0 unspecified atom stereocenters. The Morgan fingerprint density at radius 1 is 1.32 bits per heavy atom. The van der Waals surface area contributed by atoms with Gasteiger partial charge in [0, 0.05) is 26.2 Å². The fourth-order valence-corrected chi connectivity index (χ4v) is 1.63. The van der Waals surface area contributed by atoms with E-state index in [1.54, 1.807) is 0 Å². The molecule has 0 atom stereocenters. The Hall–Kier alpha value is -2.44. The van der Waals surface area contributed by atoms with E-state index in [-0.39, 0.29) is 6.54 Å². The van der Waals surface area contributed by atoms with Crippen molar-refractivity contribution in [1.82, 2.24) is 20.2 Å². The average molecular weight is 261 g/mol. The summed E-state index contributed by atoms with van der Waals surface area (Å²) in [6.45, 7) is -0.271. The zero-order chi connectivity index (χ0) is 13.8. The second-order valence-corrected chi connectivity index (χ2v) is 4.37. The van der Waals surface area contributed by atoms with Gasteiger partial charge < -0.3 is 10.0 Å². The van der Waals surface area contributed by atoms with Crippen molar-refractivity contribution in [3.05, 3.63) is 35.7 Å². The van der Waals surface area contributed by atoms with Crippen LogP contribution >= 0.6 is 0 Å². The van der Waals surface area contributed by atoms with E-state index in [1.165, 1.54) is 0 Å². The van der Waals surface area contributed by atoms with Crippen LogP contribution in [-0.2, 0) is 17.8 Å². The van der Waals surface area contributed by atoms with E-state index in [4.69, 9.17) is 5.11 Å². The Balaban J connectivity index is 2.04. The molecule has 0 saturated heterocycles. The molecule has 0 fully saturated rings. The molecule has 2 rings (SSSR count). The molecule has 0 bridgehead atoms. The van der Waals surface area contributed by atoms with E-state index < -0.39 is 5.97 Å². The van der Waals surface area contributed by atoms with Crippen molar-refractivity contribution < 1.29 is 9.90 Å². The fourth-order valence-electron chi connectivity index (χ4n) is 1.63. The van der Waals surface area contributed by atoms with E-state index in [9.17, 15) is 4.79 Å². The van der Waals surface area contributed by atoms with Crippen LogP contribution < -0.4 is 4.90 Å². The largest absolute Gasteiger partial charge is 0.480 e. The lowest BCUT2D eigenvalue weighted by atomic mass is 10.1. The summed E-state index contributed by atoms with van der Waals surface area (Å²) in [7, 11) is 3.96. The van der Waals surface area contributed by atoms with E-state index in [1.807, 2.05) is 43.3 Å². The molecule has 0 aliphatic carbocycles. The van der Waals surface area contributed by atoms with Crippen LogP contribution in [-0.4, -0.2) is 45.4 Å². The molecular weight excluding hydrogens is 246 g/mol. The molecule has 1 aromatic heterocycles. The molecule has 0 aliphatic heterocycles. The van der Waals surface area contributed by atoms with Gasteiger partial charge in [0.2, 0.25) is 0 Å². The zero-order valence-corrected chi connectivity index (χ0v) is 10.8. The monoisotopic (exact) mass is 261 g/mol. The van der Waals surface area contributed by atoms with Crippen molar-refractivity contribution in [2.75, 3.05) is 19.0 Å². The van der Waals surface area contributed by atoms with Gasteiger partial charge in [-0.1, -0.05) is 12.1 Å². The highest BCUT2D eigenvalue weighted by Gasteiger charge is 2.07. The predicted molar refractivity (Wildman–Crippen MR) is 69.0 cm³/mol. The second-order valence-electron chi connectivity index (χ2n) is 4.37. The third-order valence-electron chi connectivity index (χ3n) is 2.59. The van der Waals surface area contributed by atoms with Crippen molar-refractivity contribution >= 4 is 11.7 Å². The van der Waals surface area contributed by atoms with Crippen LogP contribution in [0.3, 0.4) is 0 Å². The number of aliphatic carboxylic acids is 1. The first kappa shape index (κ1) is 13.0. The van der Waals surface area contributed by atoms with Crippen LogP contribution in [0.5, 0.6) is 0 Å². The van der Waals surface area contributed by atoms with Gasteiger partial charge in [-0.05, 0) is 22.9 Å². The summed E-state index contributed by atoms with van der Waals surface area (Å²) in [5, 5.41) is 20.1. The van der Waals surface area contributed by atoms with Gasteiger partial charge in [-0.25, -0.2) is 0 Å². The first-order valence-electron chi connectivity index (χ1n) is 5.79. The molecule has 1 N–H and O–H groups in total. The number of hydrogen-bond acceptors (Lipinski definition) is 5. The lowest BCUT2D eigenvalue weighted by Gasteiger charge is -2.12. The Morgan fingerprint density at radius 2 is 2.00 bits per heavy atom. The number of carboxylic acid groups (broad SMARTS) is 1. The molecule has 2 aromatic rings. The molecule has 0 aliphatic rings. The van der Waals surface area contributed by atoms with Crippen LogP contribution in [0.25, 0.3) is 0 Å². The van der Waals surface area contributed by atoms with E-state index in [0.29, 0.717) is 12.2 Å². The quantitative estimate of drug-likeness (QED) is 0.839. The minimum atomic E-state index is -0.987. The maximum atomic E-state index is 10.5. The van der Waals surface area contributed by atoms with E-state index in [0.717, 1.165) is 16.0 Å². The number of anilines is 1. The van der Waals surface area contributed by atoms with Crippen LogP contribution in [0.15, 0.2) is 24.3 Å². The van der Waals surface area contributed by atoms with E-state index in [2.05, 4.69) is 15.4 Å². The molecule has 1 aromatic carbocycles. The standard InChI is InChI=1S/C12H15N5O2/c1-16(2)10-5-3-9(4-6-10)7-11-13-15-17(14-11)8-12(18)19/h3-6H,7-8H2,1-2H3,(H,18,19). The Kier molecular flexibility index (Phi) is 3.74. The van der Waals surface area contributed by atoms with Crippen molar-refractivity contribution in [3.63, 3.8) is 0 Å². The Morgan fingerprint density at radius 3 is 2.58 bits per heavy atom. The first-order valence-corrected chi connectivity index (χ1v) is 5.79. The summed E-state index contributed by atoms with van der Waals surface area (Å²) < 4.78 is 0. The number of aromatic nitrogens is 4. The summed E-state index contributed by atoms with van der Waals surface area (Å²) in [5.74, 6) is -0.474. The third-order valence-corrected chi connectivity index (χ3v) is 2.59. The number of carbonyl (C=O) groups is 1. The van der Waals surface area contributed by atoms with Gasteiger partial charge in [0.25, 0.3) is 0 Å². The van der Waals surface area contributed by atoms with Crippen molar-refractivity contribution in [3.8, 4) is 0 Å². The summed E-state index contributed by atoms with van der Waals surface area (Å²) >= 11 is 0. The molecular formula is C12H15N5O2.